The summed E-state index contributed by atoms with van der Waals surface area (Å²) in [6.07, 6.45) is 6.26. The van der Waals surface area contributed by atoms with E-state index in [0.717, 1.165) is 43.1 Å². The lowest BCUT2D eigenvalue weighted by Gasteiger charge is -2.28. The minimum Gasteiger partial charge on any atom is -0.391 e. The highest BCUT2D eigenvalue weighted by molar-refractivity contribution is 9.10. The maximum Gasteiger partial charge on any atom is 0.268 e. The second-order valence-corrected chi connectivity index (χ2v) is 6.08. The number of nitrogens with zero attached hydrogens (tertiary/aromatic N) is 1. The molecule has 4 nitrogen and oxygen atoms in total. The fraction of sp³-hybridized carbons (Fsp3) is 0.643. The molecule has 1 aromatic rings. The second kappa shape index (κ2) is 6.57. The van der Waals surface area contributed by atoms with Crippen LogP contribution < -0.4 is 5.32 Å². The molecule has 0 aliphatic heterocycles. The van der Waals surface area contributed by atoms with E-state index >= 15 is 0 Å². The van der Waals surface area contributed by atoms with E-state index in [2.05, 4.69) is 28.2 Å². The fourth-order valence-electron chi connectivity index (χ4n) is 2.61. The summed E-state index contributed by atoms with van der Waals surface area (Å²) in [5, 5.41) is 12.9. The molecule has 0 bridgehead atoms. The van der Waals surface area contributed by atoms with Crippen LogP contribution in [-0.4, -0.2) is 27.7 Å². The SMILES string of the molecule is CCCn1cc(Br)cc1C(=O)N[C@@H]1CCCC[C@H]1O. The van der Waals surface area contributed by atoms with Crippen LogP contribution in [-0.2, 0) is 6.54 Å². The molecule has 2 rings (SSSR count). The van der Waals surface area contributed by atoms with Gasteiger partial charge in [0.25, 0.3) is 5.91 Å². The van der Waals surface area contributed by atoms with E-state index in [1.165, 1.54) is 0 Å². The lowest BCUT2D eigenvalue weighted by atomic mass is 9.92. The molecule has 0 radical (unpaired) electrons. The Kier molecular flexibility index (Phi) is 5.05. The summed E-state index contributed by atoms with van der Waals surface area (Å²) in [4.78, 5) is 12.3. The largest absolute Gasteiger partial charge is 0.391 e. The first-order valence-electron chi connectivity index (χ1n) is 6.96. The molecule has 0 unspecified atom stereocenters. The zero-order valence-corrected chi connectivity index (χ0v) is 12.8. The molecular formula is C14H21BrN2O2. The number of aryl methyl sites for hydroxylation is 1. The van der Waals surface area contributed by atoms with Crippen LogP contribution in [0, 0.1) is 0 Å². The molecule has 0 saturated heterocycles. The van der Waals surface area contributed by atoms with Crippen LogP contribution in [0.15, 0.2) is 16.7 Å². The summed E-state index contributed by atoms with van der Waals surface area (Å²) < 4.78 is 2.87. The van der Waals surface area contributed by atoms with Gasteiger partial charge in [-0.3, -0.25) is 4.79 Å². The van der Waals surface area contributed by atoms with Crippen molar-refractivity contribution in [2.45, 2.75) is 57.7 Å². The predicted molar refractivity (Wildman–Crippen MR) is 78.2 cm³/mol. The average Bonchev–Trinajstić information content (AvgIpc) is 2.74. The molecule has 2 atom stereocenters. The van der Waals surface area contributed by atoms with Gasteiger partial charge in [0.15, 0.2) is 0 Å². The molecule has 0 aromatic carbocycles. The topological polar surface area (TPSA) is 54.3 Å². The minimum absolute atomic E-state index is 0.0925. The van der Waals surface area contributed by atoms with E-state index in [1.54, 1.807) is 0 Å². The van der Waals surface area contributed by atoms with Gasteiger partial charge in [-0.1, -0.05) is 19.8 Å². The molecule has 2 N–H and O–H groups in total. The number of hydrogen-bond donors (Lipinski definition) is 2. The van der Waals surface area contributed by atoms with Gasteiger partial charge in [-0.15, -0.1) is 0 Å². The third-order valence-corrected chi connectivity index (χ3v) is 4.04. The van der Waals surface area contributed by atoms with Crippen LogP contribution >= 0.6 is 15.9 Å². The second-order valence-electron chi connectivity index (χ2n) is 5.17. The summed E-state index contributed by atoms with van der Waals surface area (Å²) in [5.74, 6) is -0.0925. The molecule has 1 aliphatic rings. The zero-order chi connectivity index (χ0) is 13.8. The summed E-state index contributed by atoms with van der Waals surface area (Å²) in [6.45, 7) is 2.90. The molecule has 0 spiro atoms. The number of aliphatic hydroxyl groups excluding tert-OH is 1. The highest BCUT2D eigenvalue weighted by Crippen LogP contribution is 2.20. The van der Waals surface area contributed by atoms with Crippen molar-refractivity contribution in [3.63, 3.8) is 0 Å². The zero-order valence-electron chi connectivity index (χ0n) is 11.2. The summed E-state index contributed by atoms with van der Waals surface area (Å²) >= 11 is 3.41. The lowest BCUT2D eigenvalue weighted by Crippen LogP contribution is -2.45. The van der Waals surface area contributed by atoms with Gasteiger partial charge in [-0.2, -0.15) is 0 Å². The maximum absolute atomic E-state index is 12.3. The Hall–Kier alpha value is -0.810. The predicted octanol–water partition coefficient (Wildman–Crippen LogP) is 2.69. The number of nitrogens with one attached hydrogen (secondary N) is 1. The molecule has 19 heavy (non-hydrogen) atoms. The summed E-state index contributed by atoms with van der Waals surface area (Å²) in [7, 11) is 0. The van der Waals surface area contributed by atoms with Crippen LogP contribution in [0.5, 0.6) is 0 Å². The number of aromatic nitrogens is 1. The van der Waals surface area contributed by atoms with Gasteiger partial charge in [-0.05, 0) is 41.3 Å². The van der Waals surface area contributed by atoms with Crippen molar-refractivity contribution in [1.29, 1.82) is 0 Å². The van der Waals surface area contributed by atoms with Crippen LogP contribution in [0.25, 0.3) is 0 Å². The third-order valence-electron chi connectivity index (χ3n) is 3.61. The number of aliphatic hydroxyl groups is 1. The van der Waals surface area contributed by atoms with E-state index < -0.39 is 6.10 Å². The molecule has 1 fully saturated rings. The van der Waals surface area contributed by atoms with E-state index in [0.29, 0.717) is 5.69 Å². The summed E-state index contributed by atoms with van der Waals surface area (Å²) in [6, 6.07) is 1.73. The fourth-order valence-corrected chi connectivity index (χ4v) is 3.08. The lowest BCUT2D eigenvalue weighted by molar-refractivity contribution is 0.0710. The Morgan fingerprint density at radius 1 is 1.53 bits per heavy atom. The molecule has 1 aliphatic carbocycles. The first kappa shape index (κ1) is 14.6. The Morgan fingerprint density at radius 2 is 2.26 bits per heavy atom. The van der Waals surface area contributed by atoms with Crippen molar-refractivity contribution >= 4 is 21.8 Å². The van der Waals surface area contributed by atoms with Crippen molar-refractivity contribution in [3.05, 3.63) is 22.4 Å². The van der Waals surface area contributed by atoms with Crippen molar-refractivity contribution in [2.24, 2.45) is 0 Å². The van der Waals surface area contributed by atoms with Gasteiger partial charge >= 0.3 is 0 Å². The van der Waals surface area contributed by atoms with E-state index in [1.807, 2.05) is 16.8 Å². The molecular weight excluding hydrogens is 308 g/mol. The number of carbonyl (C=O) groups is 1. The maximum atomic E-state index is 12.3. The Balaban J connectivity index is 2.06. The number of rotatable bonds is 4. The Morgan fingerprint density at radius 3 is 2.95 bits per heavy atom. The highest BCUT2D eigenvalue weighted by Gasteiger charge is 2.25. The monoisotopic (exact) mass is 328 g/mol. The molecule has 5 heteroatoms. The van der Waals surface area contributed by atoms with Gasteiger partial charge in [0, 0.05) is 17.2 Å². The van der Waals surface area contributed by atoms with E-state index in [9.17, 15) is 9.90 Å². The number of hydrogen-bond acceptors (Lipinski definition) is 2. The normalized spacial score (nSPS) is 23.3. The first-order chi connectivity index (χ1) is 9.11. The van der Waals surface area contributed by atoms with Crippen LogP contribution in [0.3, 0.4) is 0 Å². The number of amides is 1. The molecule has 1 amide bonds. The van der Waals surface area contributed by atoms with Crippen LogP contribution in [0.1, 0.15) is 49.5 Å². The number of carbonyl (C=O) groups excluding carboxylic acids is 1. The van der Waals surface area contributed by atoms with E-state index in [4.69, 9.17) is 0 Å². The van der Waals surface area contributed by atoms with E-state index in [-0.39, 0.29) is 11.9 Å². The Bertz CT molecular complexity index is 445. The van der Waals surface area contributed by atoms with Gasteiger partial charge in [0.2, 0.25) is 0 Å². The molecule has 106 valence electrons. The van der Waals surface area contributed by atoms with Gasteiger partial charge in [0.05, 0.1) is 12.1 Å². The smallest absolute Gasteiger partial charge is 0.268 e. The standard InChI is InChI=1S/C14H21BrN2O2/c1-2-7-17-9-10(15)8-12(17)14(19)16-11-5-3-4-6-13(11)18/h8-9,11,13,18H,2-7H2,1H3,(H,16,19)/t11-,13-/m1/s1. The highest BCUT2D eigenvalue weighted by atomic mass is 79.9. The molecule has 1 heterocycles. The van der Waals surface area contributed by atoms with Gasteiger partial charge in [0.1, 0.15) is 5.69 Å². The quantitative estimate of drug-likeness (QED) is 0.892. The molecule has 1 saturated carbocycles. The summed E-state index contributed by atoms with van der Waals surface area (Å²) in [5.41, 5.74) is 0.659. The number of halogens is 1. The van der Waals surface area contributed by atoms with Crippen LogP contribution in [0.2, 0.25) is 0 Å². The van der Waals surface area contributed by atoms with Crippen molar-refractivity contribution in [3.8, 4) is 0 Å². The molecule has 1 aromatic heterocycles. The van der Waals surface area contributed by atoms with Crippen molar-refractivity contribution < 1.29 is 9.90 Å². The minimum atomic E-state index is -0.407. The third kappa shape index (κ3) is 3.60. The first-order valence-corrected chi connectivity index (χ1v) is 7.75. The van der Waals surface area contributed by atoms with Gasteiger partial charge in [-0.25, -0.2) is 0 Å². The average molecular weight is 329 g/mol. The van der Waals surface area contributed by atoms with Crippen molar-refractivity contribution in [2.75, 3.05) is 0 Å². The van der Waals surface area contributed by atoms with Gasteiger partial charge < -0.3 is 15.0 Å². The Labute approximate surface area is 122 Å². The van der Waals surface area contributed by atoms with Crippen LogP contribution in [0.4, 0.5) is 0 Å². The van der Waals surface area contributed by atoms with Crippen molar-refractivity contribution in [1.82, 2.24) is 9.88 Å².